The zero-order chi connectivity index (χ0) is 9.80. The van der Waals surface area contributed by atoms with Crippen LogP contribution in [0.5, 0.6) is 0 Å². The van der Waals surface area contributed by atoms with Gasteiger partial charge in [0.15, 0.2) is 5.69 Å². The highest BCUT2D eigenvalue weighted by Crippen LogP contribution is 2.28. The molecule has 0 saturated heterocycles. The van der Waals surface area contributed by atoms with Crippen LogP contribution in [0.2, 0.25) is 0 Å². The van der Waals surface area contributed by atoms with Crippen LogP contribution in [0.15, 0.2) is 6.33 Å². The average molecular weight is 189 g/mol. The molecule has 0 amide bonds. The fourth-order valence-electron chi connectivity index (χ4n) is 2.26. The van der Waals surface area contributed by atoms with Crippen LogP contribution in [0.25, 0.3) is 0 Å². The molecule has 0 bridgehead atoms. The first-order chi connectivity index (χ1) is 6.90. The van der Waals surface area contributed by atoms with E-state index in [1.807, 2.05) is 0 Å². The van der Waals surface area contributed by atoms with E-state index in [0.29, 0.717) is 5.69 Å². The Morgan fingerprint density at radius 2 is 2.29 bits per heavy atom. The van der Waals surface area contributed by atoms with Crippen LogP contribution in [0.3, 0.4) is 0 Å². The SMILES string of the molecule is N#Cc1nc[nH]c1CCC1CCCC1. The zero-order valence-electron chi connectivity index (χ0n) is 8.29. The van der Waals surface area contributed by atoms with Gasteiger partial charge in [-0.25, -0.2) is 4.98 Å². The number of nitriles is 1. The maximum atomic E-state index is 8.77. The third-order valence-electron chi connectivity index (χ3n) is 3.10. The first kappa shape index (κ1) is 9.26. The van der Waals surface area contributed by atoms with Gasteiger partial charge in [-0.15, -0.1) is 0 Å². The predicted octanol–water partition coefficient (Wildman–Crippen LogP) is 2.40. The number of H-pyrrole nitrogens is 1. The molecule has 1 N–H and O–H groups in total. The lowest BCUT2D eigenvalue weighted by molar-refractivity contribution is 0.501. The number of nitrogens with zero attached hydrogens (tertiary/aromatic N) is 2. The largest absolute Gasteiger partial charge is 0.347 e. The Balaban J connectivity index is 1.88. The number of hydrogen-bond acceptors (Lipinski definition) is 2. The Bertz CT molecular complexity index is 329. The van der Waals surface area contributed by atoms with Crippen molar-refractivity contribution >= 4 is 0 Å². The molecular formula is C11H15N3. The second-order valence-electron chi connectivity index (χ2n) is 4.03. The van der Waals surface area contributed by atoms with Crippen LogP contribution in [-0.2, 0) is 6.42 Å². The predicted molar refractivity (Wildman–Crippen MR) is 53.6 cm³/mol. The third kappa shape index (κ3) is 1.95. The van der Waals surface area contributed by atoms with Crippen LogP contribution in [0, 0.1) is 17.2 Å². The number of nitrogens with one attached hydrogen (secondary N) is 1. The van der Waals surface area contributed by atoms with E-state index in [0.717, 1.165) is 18.0 Å². The summed E-state index contributed by atoms with van der Waals surface area (Å²) in [5.74, 6) is 0.879. The molecule has 1 aliphatic carbocycles. The molecule has 14 heavy (non-hydrogen) atoms. The van der Waals surface area contributed by atoms with Gasteiger partial charge < -0.3 is 4.98 Å². The van der Waals surface area contributed by atoms with E-state index in [4.69, 9.17) is 5.26 Å². The van der Waals surface area contributed by atoms with E-state index < -0.39 is 0 Å². The minimum Gasteiger partial charge on any atom is -0.347 e. The molecule has 2 rings (SSSR count). The van der Waals surface area contributed by atoms with Gasteiger partial charge >= 0.3 is 0 Å². The molecule has 0 radical (unpaired) electrons. The summed E-state index contributed by atoms with van der Waals surface area (Å²) in [5, 5.41) is 8.77. The number of aromatic amines is 1. The highest BCUT2D eigenvalue weighted by molar-refractivity contribution is 5.25. The van der Waals surface area contributed by atoms with E-state index >= 15 is 0 Å². The maximum Gasteiger partial charge on any atom is 0.161 e. The number of rotatable bonds is 3. The topological polar surface area (TPSA) is 52.5 Å². The summed E-state index contributed by atoms with van der Waals surface area (Å²) in [6.45, 7) is 0. The minimum atomic E-state index is 0.572. The Hall–Kier alpha value is -1.30. The Morgan fingerprint density at radius 3 is 3.00 bits per heavy atom. The third-order valence-corrected chi connectivity index (χ3v) is 3.10. The number of hydrogen-bond donors (Lipinski definition) is 1. The van der Waals surface area contributed by atoms with Gasteiger partial charge in [0.25, 0.3) is 0 Å². The summed E-state index contributed by atoms with van der Waals surface area (Å²) in [6, 6.07) is 2.11. The minimum absolute atomic E-state index is 0.572. The molecule has 1 aromatic heterocycles. The van der Waals surface area contributed by atoms with E-state index in [1.165, 1.54) is 32.1 Å². The fraction of sp³-hybridized carbons (Fsp3) is 0.636. The average Bonchev–Trinajstić information content (AvgIpc) is 2.85. The van der Waals surface area contributed by atoms with Crippen molar-refractivity contribution in [1.82, 2.24) is 9.97 Å². The zero-order valence-corrected chi connectivity index (χ0v) is 8.29. The first-order valence-electron chi connectivity index (χ1n) is 5.32. The van der Waals surface area contributed by atoms with E-state index in [-0.39, 0.29) is 0 Å². The van der Waals surface area contributed by atoms with Crippen molar-refractivity contribution in [3.63, 3.8) is 0 Å². The monoisotopic (exact) mass is 189 g/mol. The summed E-state index contributed by atoms with van der Waals surface area (Å²) in [7, 11) is 0. The molecule has 3 heteroatoms. The summed E-state index contributed by atoms with van der Waals surface area (Å²) in [6.07, 6.45) is 9.32. The molecule has 0 aliphatic heterocycles. The lowest BCUT2D eigenvalue weighted by atomic mass is 10.0. The summed E-state index contributed by atoms with van der Waals surface area (Å²) < 4.78 is 0. The molecule has 0 spiro atoms. The highest BCUT2D eigenvalue weighted by atomic mass is 14.9. The van der Waals surface area contributed by atoms with Crippen molar-refractivity contribution in [3.8, 4) is 6.07 Å². The van der Waals surface area contributed by atoms with Crippen molar-refractivity contribution in [3.05, 3.63) is 17.7 Å². The van der Waals surface area contributed by atoms with Crippen LogP contribution in [0.1, 0.15) is 43.5 Å². The Kier molecular flexibility index (Phi) is 2.83. The van der Waals surface area contributed by atoms with Gasteiger partial charge in [-0.1, -0.05) is 25.7 Å². The highest BCUT2D eigenvalue weighted by Gasteiger charge is 2.15. The van der Waals surface area contributed by atoms with Crippen LogP contribution in [0.4, 0.5) is 0 Å². The van der Waals surface area contributed by atoms with Crippen LogP contribution in [-0.4, -0.2) is 9.97 Å². The summed E-state index contributed by atoms with van der Waals surface area (Å²) in [5.41, 5.74) is 1.59. The molecule has 1 saturated carbocycles. The number of aromatic nitrogens is 2. The Labute approximate surface area is 84.2 Å². The van der Waals surface area contributed by atoms with E-state index in [2.05, 4.69) is 16.0 Å². The molecule has 3 nitrogen and oxygen atoms in total. The van der Waals surface area contributed by atoms with Gasteiger partial charge in [0.1, 0.15) is 6.07 Å². The van der Waals surface area contributed by atoms with Crippen molar-refractivity contribution in [1.29, 1.82) is 5.26 Å². The second-order valence-corrected chi connectivity index (χ2v) is 4.03. The standard InChI is InChI=1S/C11H15N3/c12-7-11-10(13-8-14-11)6-5-9-3-1-2-4-9/h8-9H,1-6H2,(H,13,14). The van der Waals surface area contributed by atoms with Crippen molar-refractivity contribution < 1.29 is 0 Å². The molecule has 0 aromatic carbocycles. The second kappa shape index (κ2) is 4.28. The van der Waals surface area contributed by atoms with Gasteiger partial charge in [0.2, 0.25) is 0 Å². The summed E-state index contributed by atoms with van der Waals surface area (Å²) >= 11 is 0. The molecule has 74 valence electrons. The van der Waals surface area contributed by atoms with Gasteiger partial charge in [-0.05, 0) is 18.8 Å². The normalized spacial score (nSPS) is 17.1. The first-order valence-corrected chi connectivity index (χ1v) is 5.32. The molecule has 1 aromatic rings. The number of aryl methyl sites for hydroxylation is 1. The summed E-state index contributed by atoms with van der Waals surface area (Å²) in [4.78, 5) is 7.01. The molecule has 0 atom stereocenters. The maximum absolute atomic E-state index is 8.77. The lowest BCUT2D eigenvalue weighted by Crippen LogP contribution is -1.98. The quantitative estimate of drug-likeness (QED) is 0.793. The molecule has 1 aliphatic rings. The molecule has 1 fully saturated rings. The van der Waals surface area contributed by atoms with Crippen molar-refractivity contribution in [2.45, 2.75) is 38.5 Å². The van der Waals surface area contributed by atoms with Crippen LogP contribution < -0.4 is 0 Å². The van der Waals surface area contributed by atoms with Crippen LogP contribution >= 0.6 is 0 Å². The molecule has 1 heterocycles. The smallest absolute Gasteiger partial charge is 0.161 e. The van der Waals surface area contributed by atoms with Crippen molar-refractivity contribution in [2.24, 2.45) is 5.92 Å². The molecule has 0 unspecified atom stereocenters. The Morgan fingerprint density at radius 1 is 1.50 bits per heavy atom. The van der Waals surface area contributed by atoms with Gasteiger partial charge in [0.05, 0.1) is 12.0 Å². The van der Waals surface area contributed by atoms with E-state index in [1.54, 1.807) is 6.33 Å². The van der Waals surface area contributed by atoms with E-state index in [9.17, 15) is 0 Å². The molecular weight excluding hydrogens is 174 g/mol. The van der Waals surface area contributed by atoms with Gasteiger partial charge in [-0.3, -0.25) is 0 Å². The number of imidazole rings is 1. The van der Waals surface area contributed by atoms with Gasteiger partial charge in [-0.2, -0.15) is 5.26 Å². The van der Waals surface area contributed by atoms with Crippen molar-refractivity contribution in [2.75, 3.05) is 0 Å². The van der Waals surface area contributed by atoms with Gasteiger partial charge in [0, 0.05) is 0 Å². The lowest BCUT2D eigenvalue weighted by Gasteiger charge is -2.06. The fourth-order valence-corrected chi connectivity index (χ4v) is 2.26.